The summed E-state index contributed by atoms with van der Waals surface area (Å²) in [7, 11) is 0. The molecule has 1 atom stereocenters. The highest BCUT2D eigenvalue weighted by Crippen LogP contribution is 2.31. The largest absolute Gasteiger partial charge is 0.354 e. The van der Waals surface area contributed by atoms with Crippen LogP contribution in [0.3, 0.4) is 0 Å². The Bertz CT molecular complexity index is 466. The van der Waals surface area contributed by atoms with Crippen LogP contribution in [0.4, 0.5) is 0 Å². The third kappa shape index (κ3) is 3.15. The van der Waals surface area contributed by atoms with Gasteiger partial charge in [0.2, 0.25) is 5.91 Å². The third-order valence-electron chi connectivity index (χ3n) is 4.58. The van der Waals surface area contributed by atoms with Crippen LogP contribution in [0, 0.1) is 5.92 Å². The summed E-state index contributed by atoms with van der Waals surface area (Å²) in [5.74, 6) is 0.982. The molecular weight excluding hydrogens is 272 g/mol. The average molecular weight is 293 g/mol. The third-order valence-corrected chi connectivity index (χ3v) is 4.83. The van der Waals surface area contributed by atoms with Gasteiger partial charge in [0.05, 0.1) is 6.04 Å². The summed E-state index contributed by atoms with van der Waals surface area (Å²) in [5, 5.41) is 3.84. The van der Waals surface area contributed by atoms with Crippen LogP contribution < -0.4 is 5.32 Å². The lowest BCUT2D eigenvalue weighted by Crippen LogP contribution is -2.55. The Morgan fingerprint density at radius 1 is 1.25 bits per heavy atom. The topological polar surface area (TPSA) is 32.3 Å². The van der Waals surface area contributed by atoms with Gasteiger partial charge in [-0.3, -0.25) is 9.69 Å². The number of piperidine rings is 3. The Balaban J connectivity index is 1.46. The Morgan fingerprint density at radius 2 is 1.95 bits per heavy atom. The first-order valence-corrected chi connectivity index (χ1v) is 7.86. The summed E-state index contributed by atoms with van der Waals surface area (Å²) < 4.78 is 0. The van der Waals surface area contributed by atoms with Gasteiger partial charge >= 0.3 is 0 Å². The number of halogens is 1. The molecule has 108 valence electrons. The molecule has 4 rings (SSSR count). The van der Waals surface area contributed by atoms with Gasteiger partial charge in [-0.1, -0.05) is 23.7 Å². The van der Waals surface area contributed by atoms with E-state index in [0.717, 1.165) is 36.9 Å². The van der Waals surface area contributed by atoms with E-state index in [9.17, 15) is 4.79 Å². The number of benzene rings is 1. The molecule has 0 aromatic heterocycles. The first-order chi connectivity index (χ1) is 9.72. The van der Waals surface area contributed by atoms with Crippen molar-refractivity contribution < 1.29 is 4.79 Å². The van der Waals surface area contributed by atoms with Crippen molar-refractivity contribution in [1.82, 2.24) is 10.2 Å². The van der Waals surface area contributed by atoms with Gasteiger partial charge in [0.1, 0.15) is 0 Å². The minimum atomic E-state index is 0.118. The van der Waals surface area contributed by atoms with Crippen molar-refractivity contribution in [3.8, 4) is 0 Å². The predicted molar refractivity (Wildman–Crippen MR) is 80.9 cm³/mol. The molecule has 1 unspecified atom stereocenters. The Labute approximate surface area is 125 Å². The summed E-state index contributed by atoms with van der Waals surface area (Å²) >= 11 is 5.86. The Kier molecular flexibility index (Phi) is 4.27. The molecule has 1 N–H and O–H groups in total. The highest BCUT2D eigenvalue weighted by Gasteiger charge is 2.37. The minimum Gasteiger partial charge on any atom is -0.354 e. The molecule has 20 heavy (non-hydrogen) atoms. The van der Waals surface area contributed by atoms with Crippen LogP contribution in [0.25, 0.3) is 0 Å². The SMILES string of the molecule is O=C(NCCc1ccc(Cl)cc1)C1CC2CCN1CC2. The summed E-state index contributed by atoms with van der Waals surface area (Å²) in [6.45, 7) is 2.90. The van der Waals surface area contributed by atoms with Crippen molar-refractivity contribution in [3.63, 3.8) is 0 Å². The fraction of sp³-hybridized carbons (Fsp3) is 0.562. The van der Waals surface area contributed by atoms with Crippen molar-refractivity contribution in [2.75, 3.05) is 19.6 Å². The van der Waals surface area contributed by atoms with E-state index in [4.69, 9.17) is 11.6 Å². The first-order valence-electron chi connectivity index (χ1n) is 7.48. The molecule has 0 spiro atoms. The van der Waals surface area contributed by atoms with Crippen LogP contribution in [-0.4, -0.2) is 36.5 Å². The highest BCUT2D eigenvalue weighted by atomic mass is 35.5. The number of rotatable bonds is 4. The van der Waals surface area contributed by atoms with Crippen molar-refractivity contribution in [2.45, 2.75) is 31.7 Å². The van der Waals surface area contributed by atoms with E-state index in [2.05, 4.69) is 10.2 Å². The molecule has 2 bridgehead atoms. The molecule has 0 aliphatic carbocycles. The van der Waals surface area contributed by atoms with Gasteiger partial charge in [-0.05, 0) is 62.4 Å². The summed E-state index contributed by atoms with van der Waals surface area (Å²) in [4.78, 5) is 14.6. The Hall–Kier alpha value is -1.06. The zero-order valence-corrected chi connectivity index (χ0v) is 12.4. The van der Waals surface area contributed by atoms with Gasteiger partial charge < -0.3 is 5.32 Å². The molecule has 3 heterocycles. The summed E-state index contributed by atoms with van der Waals surface area (Å²) in [5.41, 5.74) is 1.21. The van der Waals surface area contributed by atoms with Crippen molar-refractivity contribution in [3.05, 3.63) is 34.9 Å². The van der Waals surface area contributed by atoms with E-state index in [1.165, 1.54) is 18.4 Å². The van der Waals surface area contributed by atoms with Crippen LogP contribution in [0.15, 0.2) is 24.3 Å². The molecule has 0 saturated carbocycles. The number of fused-ring (bicyclic) bond motifs is 3. The minimum absolute atomic E-state index is 0.118. The molecular formula is C16H21ClN2O. The average Bonchev–Trinajstić information content (AvgIpc) is 2.50. The van der Waals surface area contributed by atoms with Crippen LogP contribution >= 0.6 is 11.6 Å². The fourth-order valence-corrected chi connectivity index (χ4v) is 3.46. The van der Waals surface area contributed by atoms with E-state index in [1.807, 2.05) is 24.3 Å². The second-order valence-electron chi connectivity index (χ2n) is 5.90. The van der Waals surface area contributed by atoms with Gasteiger partial charge in [-0.2, -0.15) is 0 Å². The standard InChI is InChI=1S/C16H21ClN2O/c17-14-3-1-12(2-4-14)5-8-18-16(20)15-11-13-6-9-19(15)10-7-13/h1-4,13,15H,5-11H2,(H,18,20). The maximum absolute atomic E-state index is 12.3. The molecule has 3 saturated heterocycles. The van der Waals surface area contributed by atoms with E-state index in [0.29, 0.717) is 6.54 Å². The van der Waals surface area contributed by atoms with Crippen LogP contribution in [0.5, 0.6) is 0 Å². The van der Waals surface area contributed by atoms with Gasteiger partial charge in [0.15, 0.2) is 0 Å². The predicted octanol–water partition coefficient (Wildman–Crippen LogP) is 2.48. The van der Waals surface area contributed by atoms with E-state index < -0.39 is 0 Å². The van der Waals surface area contributed by atoms with Crippen LogP contribution in [-0.2, 0) is 11.2 Å². The fourth-order valence-electron chi connectivity index (χ4n) is 3.34. The second kappa shape index (κ2) is 6.15. The molecule has 3 fully saturated rings. The molecule has 1 amide bonds. The lowest BCUT2D eigenvalue weighted by molar-refractivity contribution is -0.130. The summed E-state index contributed by atoms with van der Waals surface area (Å²) in [6, 6.07) is 7.93. The summed E-state index contributed by atoms with van der Waals surface area (Å²) in [6.07, 6.45) is 4.45. The smallest absolute Gasteiger partial charge is 0.237 e. The van der Waals surface area contributed by atoms with Gasteiger partial charge in [-0.15, -0.1) is 0 Å². The molecule has 3 aliphatic rings. The molecule has 1 aromatic rings. The first kappa shape index (κ1) is 13.9. The van der Waals surface area contributed by atoms with E-state index in [1.54, 1.807) is 0 Å². The maximum Gasteiger partial charge on any atom is 0.237 e. The number of nitrogens with one attached hydrogen (secondary N) is 1. The quantitative estimate of drug-likeness (QED) is 0.925. The number of carbonyl (C=O) groups excluding carboxylic acids is 1. The Morgan fingerprint density at radius 3 is 2.55 bits per heavy atom. The lowest BCUT2D eigenvalue weighted by atomic mass is 9.83. The van der Waals surface area contributed by atoms with Gasteiger partial charge in [0, 0.05) is 11.6 Å². The van der Waals surface area contributed by atoms with Gasteiger partial charge in [-0.25, -0.2) is 0 Å². The molecule has 1 aromatic carbocycles. The monoisotopic (exact) mass is 292 g/mol. The molecule has 3 nitrogen and oxygen atoms in total. The van der Waals surface area contributed by atoms with Crippen molar-refractivity contribution in [2.24, 2.45) is 5.92 Å². The number of hydrogen-bond donors (Lipinski definition) is 1. The van der Waals surface area contributed by atoms with Crippen LogP contribution in [0.1, 0.15) is 24.8 Å². The number of carbonyl (C=O) groups is 1. The van der Waals surface area contributed by atoms with E-state index in [-0.39, 0.29) is 11.9 Å². The number of hydrogen-bond acceptors (Lipinski definition) is 2. The zero-order chi connectivity index (χ0) is 13.9. The molecule has 3 aliphatic heterocycles. The van der Waals surface area contributed by atoms with Crippen molar-refractivity contribution >= 4 is 17.5 Å². The van der Waals surface area contributed by atoms with Crippen molar-refractivity contribution in [1.29, 1.82) is 0 Å². The highest BCUT2D eigenvalue weighted by molar-refractivity contribution is 6.30. The van der Waals surface area contributed by atoms with Gasteiger partial charge in [0.25, 0.3) is 0 Å². The zero-order valence-electron chi connectivity index (χ0n) is 11.6. The normalized spacial score (nSPS) is 28.4. The van der Waals surface area contributed by atoms with E-state index >= 15 is 0 Å². The lowest BCUT2D eigenvalue weighted by Gasteiger charge is -2.44. The molecule has 0 radical (unpaired) electrons. The maximum atomic E-state index is 12.3. The number of nitrogens with zero attached hydrogens (tertiary/aromatic N) is 1. The molecule has 4 heteroatoms. The number of amides is 1. The van der Waals surface area contributed by atoms with Crippen LogP contribution in [0.2, 0.25) is 5.02 Å². The second-order valence-corrected chi connectivity index (χ2v) is 6.33.